The van der Waals surface area contributed by atoms with Gasteiger partial charge in [-0.3, -0.25) is 14.5 Å². The number of carbonyl (C=O) groups excluding carboxylic acids is 2. The average molecular weight is 528 g/mol. The van der Waals surface area contributed by atoms with E-state index in [1.54, 1.807) is 0 Å². The number of alkyl halides is 3. The van der Waals surface area contributed by atoms with Crippen molar-refractivity contribution in [1.29, 1.82) is 0 Å². The molecule has 4 saturated carbocycles. The number of hydrogen-bond acceptors (Lipinski definition) is 5. The Morgan fingerprint density at radius 3 is 2.54 bits per heavy atom. The molecule has 0 heterocycles. The van der Waals surface area contributed by atoms with Gasteiger partial charge in [0.05, 0.1) is 5.71 Å². The predicted molar refractivity (Wildman–Crippen MR) is 136 cm³/mol. The van der Waals surface area contributed by atoms with E-state index in [1.165, 1.54) is 6.42 Å². The Morgan fingerprint density at radius 1 is 1.11 bits per heavy atom. The van der Waals surface area contributed by atoms with Gasteiger partial charge in [0.15, 0.2) is 0 Å². The van der Waals surface area contributed by atoms with Crippen molar-refractivity contribution in [2.75, 3.05) is 26.2 Å². The fourth-order valence-electron chi connectivity index (χ4n) is 8.81. The minimum atomic E-state index is -4.50. The zero-order valence-corrected chi connectivity index (χ0v) is 22.8. The summed E-state index contributed by atoms with van der Waals surface area (Å²) in [6, 6.07) is 0. The first-order chi connectivity index (χ1) is 17.4. The van der Waals surface area contributed by atoms with Crippen molar-refractivity contribution >= 4 is 17.6 Å². The molecule has 0 aromatic carbocycles. The van der Waals surface area contributed by atoms with Crippen molar-refractivity contribution in [2.24, 2.45) is 45.6 Å². The highest BCUT2D eigenvalue weighted by molar-refractivity contribution is 5.85. The molecule has 0 unspecified atom stereocenters. The molecule has 9 heteroatoms. The van der Waals surface area contributed by atoms with E-state index in [9.17, 15) is 22.8 Å². The van der Waals surface area contributed by atoms with Crippen LogP contribution in [0.3, 0.4) is 0 Å². The lowest BCUT2D eigenvalue weighted by molar-refractivity contribution is -0.142. The molecule has 7 atom stereocenters. The number of fused-ring (bicyclic) bond motifs is 5. The van der Waals surface area contributed by atoms with Crippen molar-refractivity contribution in [3.8, 4) is 0 Å². The van der Waals surface area contributed by atoms with E-state index in [-0.39, 0.29) is 29.8 Å². The number of oxime groups is 1. The van der Waals surface area contributed by atoms with E-state index in [2.05, 4.69) is 24.3 Å². The molecule has 0 spiro atoms. The Hall–Kier alpha value is -1.64. The molecule has 0 bridgehead atoms. The van der Waals surface area contributed by atoms with Crippen LogP contribution in [-0.2, 0) is 9.63 Å². The first kappa shape index (κ1) is 28.4. The minimum absolute atomic E-state index is 0.0472. The summed E-state index contributed by atoms with van der Waals surface area (Å²) in [5.74, 6) is 2.96. The molecule has 1 amide bonds. The number of halogens is 3. The second kappa shape index (κ2) is 10.9. The SMILES string of the molecule is CCNCCN(CC(F)(F)F)C(=O)O/N=C(\C)[C@H]1CC[C@H]2[C@@H]3CC[C@@H]4CC(=O)CC[C@]4(C)[C@H]3CC[C@]12C. The van der Waals surface area contributed by atoms with Crippen LogP contribution >= 0.6 is 0 Å². The zero-order chi connectivity index (χ0) is 27.0. The minimum Gasteiger partial charge on any atom is -0.315 e. The number of nitrogens with zero attached hydrogens (tertiary/aromatic N) is 2. The first-order valence-corrected chi connectivity index (χ1v) is 14.2. The quantitative estimate of drug-likeness (QED) is 0.185. The second-order valence-corrected chi connectivity index (χ2v) is 12.6. The Kier molecular flexibility index (Phi) is 8.32. The number of hydrogen-bond donors (Lipinski definition) is 1. The van der Waals surface area contributed by atoms with Crippen molar-refractivity contribution in [2.45, 2.75) is 91.7 Å². The van der Waals surface area contributed by atoms with E-state index < -0.39 is 18.8 Å². The summed E-state index contributed by atoms with van der Waals surface area (Å²) in [5, 5.41) is 7.05. The Balaban J connectivity index is 1.43. The highest BCUT2D eigenvalue weighted by Crippen LogP contribution is 2.67. The highest BCUT2D eigenvalue weighted by atomic mass is 19.4. The second-order valence-electron chi connectivity index (χ2n) is 12.6. The molecule has 0 radical (unpaired) electrons. The van der Waals surface area contributed by atoms with Crippen LogP contribution in [0.1, 0.15) is 85.5 Å². The fourth-order valence-corrected chi connectivity index (χ4v) is 8.81. The van der Waals surface area contributed by atoms with Gasteiger partial charge in [0, 0.05) is 31.8 Å². The number of ketones is 1. The molecular formula is C28H44F3N3O3. The number of amides is 1. The van der Waals surface area contributed by atoms with Crippen LogP contribution in [0.2, 0.25) is 0 Å². The highest BCUT2D eigenvalue weighted by Gasteiger charge is 2.60. The molecule has 0 aromatic heterocycles. The van der Waals surface area contributed by atoms with Gasteiger partial charge < -0.3 is 5.32 Å². The molecule has 1 N–H and O–H groups in total. The van der Waals surface area contributed by atoms with Gasteiger partial charge in [-0.2, -0.15) is 13.2 Å². The van der Waals surface area contributed by atoms with Crippen molar-refractivity contribution in [1.82, 2.24) is 10.2 Å². The monoisotopic (exact) mass is 527 g/mol. The summed E-state index contributed by atoms with van der Waals surface area (Å²) in [4.78, 5) is 30.4. The molecular weight excluding hydrogens is 483 g/mol. The normalized spacial score (nSPS) is 38.0. The van der Waals surface area contributed by atoms with Gasteiger partial charge in [0.25, 0.3) is 0 Å². The van der Waals surface area contributed by atoms with E-state index in [4.69, 9.17) is 4.84 Å². The summed E-state index contributed by atoms with van der Waals surface area (Å²) in [5.41, 5.74) is 1.01. The van der Waals surface area contributed by atoms with Crippen LogP contribution in [0, 0.1) is 40.4 Å². The van der Waals surface area contributed by atoms with Crippen LogP contribution in [0.5, 0.6) is 0 Å². The van der Waals surface area contributed by atoms with Gasteiger partial charge in [0.2, 0.25) is 0 Å². The van der Waals surface area contributed by atoms with E-state index >= 15 is 0 Å². The Labute approximate surface area is 219 Å². The lowest BCUT2D eigenvalue weighted by atomic mass is 9.44. The number of Topliss-reactive ketones (excluding diaryl/α,β-unsaturated/α-hetero) is 1. The third-order valence-corrected chi connectivity index (χ3v) is 10.7. The molecule has 4 aliphatic carbocycles. The van der Waals surface area contributed by atoms with Crippen LogP contribution in [0.4, 0.5) is 18.0 Å². The molecule has 37 heavy (non-hydrogen) atoms. The standard InChI is InChI=1S/C28H44F3N3O3/c1-5-32-14-15-34(17-28(29,30)31)25(36)37-33-18(2)22-8-9-23-21-7-6-19-16-20(35)10-12-26(19,3)24(21)11-13-27(22,23)4/h19,21-24,32H,5-17H2,1-4H3/b33-18+/t19-,21+,22-,23+,24+,26+,27-/m1/s1. The van der Waals surface area contributed by atoms with E-state index in [0.29, 0.717) is 46.6 Å². The maximum absolute atomic E-state index is 13.0. The average Bonchev–Trinajstić information content (AvgIpc) is 3.19. The third-order valence-electron chi connectivity index (χ3n) is 10.7. The molecule has 4 rings (SSSR count). The van der Waals surface area contributed by atoms with Crippen LogP contribution < -0.4 is 5.32 Å². The summed E-state index contributed by atoms with van der Waals surface area (Å²) >= 11 is 0. The largest absolute Gasteiger partial charge is 0.436 e. The van der Waals surface area contributed by atoms with E-state index in [1.807, 2.05) is 13.8 Å². The van der Waals surface area contributed by atoms with Gasteiger partial charge in [0.1, 0.15) is 12.3 Å². The summed E-state index contributed by atoms with van der Waals surface area (Å²) in [7, 11) is 0. The van der Waals surface area contributed by atoms with Crippen molar-refractivity contribution < 1.29 is 27.6 Å². The number of nitrogens with one attached hydrogen (secondary N) is 1. The molecule has 6 nitrogen and oxygen atoms in total. The Morgan fingerprint density at radius 2 is 1.84 bits per heavy atom. The molecule has 4 aliphatic rings. The molecule has 210 valence electrons. The number of rotatable bonds is 7. The maximum Gasteiger partial charge on any atom is 0.436 e. The lowest BCUT2D eigenvalue weighted by Crippen LogP contribution is -2.53. The molecule has 4 fully saturated rings. The molecule has 0 saturated heterocycles. The lowest BCUT2D eigenvalue weighted by Gasteiger charge is -2.60. The third kappa shape index (κ3) is 5.71. The Bertz CT molecular complexity index is 894. The summed E-state index contributed by atoms with van der Waals surface area (Å²) in [6.07, 6.45) is 3.51. The number of carbonyl (C=O) groups is 2. The smallest absolute Gasteiger partial charge is 0.315 e. The van der Waals surface area contributed by atoms with E-state index in [0.717, 1.165) is 51.4 Å². The maximum atomic E-state index is 13.0. The topological polar surface area (TPSA) is 71.0 Å². The van der Waals surface area contributed by atoms with Gasteiger partial charge in [-0.1, -0.05) is 25.9 Å². The first-order valence-electron chi connectivity index (χ1n) is 14.2. The number of likely N-dealkylation sites (N-methyl/N-ethyl adjacent to an activating group) is 1. The van der Waals surface area contributed by atoms with Crippen LogP contribution in [0.15, 0.2) is 5.16 Å². The summed E-state index contributed by atoms with van der Waals surface area (Å²) in [6.45, 7) is 7.89. The summed E-state index contributed by atoms with van der Waals surface area (Å²) < 4.78 is 39.1. The van der Waals surface area contributed by atoms with Crippen molar-refractivity contribution in [3.05, 3.63) is 0 Å². The fraction of sp³-hybridized carbons (Fsp3) is 0.893. The van der Waals surface area contributed by atoms with Gasteiger partial charge in [-0.25, -0.2) is 4.79 Å². The predicted octanol–water partition coefficient (Wildman–Crippen LogP) is 6.20. The molecule has 0 aliphatic heterocycles. The van der Waals surface area contributed by atoms with Gasteiger partial charge >= 0.3 is 12.3 Å². The van der Waals surface area contributed by atoms with Crippen LogP contribution in [0.25, 0.3) is 0 Å². The van der Waals surface area contributed by atoms with Gasteiger partial charge in [-0.05, 0) is 92.9 Å². The van der Waals surface area contributed by atoms with Crippen molar-refractivity contribution in [3.63, 3.8) is 0 Å². The molecule has 0 aromatic rings. The van der Waals surface area contributed by atoms with Crippen LogP contribution in [-0.4, -0.2) is 54.8 Å². The van der Waals surface area contributed by atoms with Gasteiger partial charge in [-0.15, -0.1) is 0 Å². The zero-order valence-electron chi connectivity index (χ0n) is 22.8.